The molecule has 1 aliphatic heterocycles. The largest absolute Gasteiger partial charge is 0.350 e. The molecule has 0 saturated carbocycles. The molecule has 1 N–H and O–H groups in total. The summed E-state index contributed by atoms with van der Waals surface area (Å²) < 4.78 is 0. The van der Waals surface area contributed by atoms with Gasteiger partial charge in [-0.3, -0.25) is 0 Å². The maximum absolute atomic E-state index is 5.91. The predicted molar refractivity (Wildman–Crippen MR) is 77.9 cm³/mol. The number of anilines is 2. The van der Waals surface area contributed by atoms with Crippen molar-refractivity contribution in [2.45, 2.75) is 25.8 Å². The second-order valence-corrected chi connectivity index (χ2v) is 5.51. The summed E-state index contributed by atoms with van der Waals surface area (Å²) in [6, 6.07) is 0.284. The van der Waals surface area contributed by atoms with Gasteiger partial charge in [-0.2, -0.15) is 15.0 Å². The molecule has 7 heteroatoms. The highest BCUT2D eigenvalue weighted by molar-refractivity contribution is 6.28. The molecular formula is C12H21ClN6. The van der Waals surface area contributed by atoms with Crippen molar-refractivity contribution in [3.8, 4) is 0 Å². The van der Waals surface area contributed by atoms with Crippen LogP contribution in [0.2, 0.25) is 5.28 Å². The van der Waals surface area contributed by atoms with Crippen LogP contribution in [0, 0.1) is 0 Å². The molecule has 1 saturated heterocycles. The van der Waals surface area contributed by atoms with Crippen LogP contribution in [0.15, 0.2) is 0 Å². The highest BCUT2D eigenvalue weighted by atomic mass is 35.5. The Morgan fingerprint density at radius 1 is 1.26 bits per heavy atom. The van der Waals surface area contributed by atoms with Crippen LogP contribution < -0.4 is 10.2 Å². The maximum Gasteiger partial charge on any atom is 0.230 e. The zero-order valence-electron chi connectivity index (χ0n) is 11.7. The molecule has 0 aromatic carbocycles. The summed E-state index contributed by atoms with van der Waals surface area (Å²) in [6.45, 7) is 5.51. The van der Waals surface area contributed by atoms with Crippen molar-refractivity contribution in [3.05, 3.63) is 5.28 Å². The average Bonchev–Trinajstić information content (AvgIpc) is 2.80. The van der Waals surface area contributed by atoms with Gasteiger partial charge in [0.25, 0.3) is 0 Å². The zero-order chi connectivity index (χ0) is 13.8. The molecule has 1 unspecified atom stereocenters. The minimum atomic E-state index is 0.217. The Morgan fingerprint density at radius 2 is 1.95 bits per heavy atom. The zero-order valence-corrected chi connectivity index (χ0v) is 12.5. The van der Waals surface area contributed by atoms with E-state index in [2.05, 4.69) is 32.1 Å². The molecule has 0 radical (unpaired) electrons. The Bertz CT molecular complexity index is 419. The number of rotatable bonds is 5. The number of halogens is 1. The van der Waals surface area contributed by atoms with Gasteiger partial charge in [-0.25, -0.2) is 0 Å². The monoisotopic (exact) mass is 284 g/mol. The minimum Gasteiger partial charge on any atom is -0.350 e. The van der Waals surface area contributed by atoms with Crippen LogP contribution in [0.4, 0.5) is 11.9 Å². The van der Waals surface area contributed by atoms with E-state index in [1.807, 2.05) is 19.0 Å². The summed E-state index contributed by atoms with van der Waals surface area (Å²) in [4.78, 5) is 16.8. The standard InChI is InChI=1S/C12H21ClN6/c1-9(8-19-6-4-5-7-19)14-11-15-10(13)16-12(17-11)18(2)3/h9H,4-8H2,1-3H3,(H,14,15,16,17). The molecule has 1 aliphatic rings. The molecule has 106 valence electrons. The second-order valence-electron chi connectivity index (χ2n) is 5.18. The number of likely N-dealkylation sites (tertiary alicyclic amines) is 1. The van der Waals surface area contributed by atoms with Crippen molar-refractivity contribution in [2.75, 3.05) is 43.9 Å². The molecule has 6 nitrogen and oxygen atoms in total. The first-order valence-electron chi connectivity index (χ1n) is 6.62. The van der Waals surface area contributed by atoms with Crippen LogP contribution in [0.25, 0.3) is 0 Å². The molecular weight excluding hydrogens is 264 g/mol. The van der Waals surface area contributed by atoms with Gasteiger partial charge in [0.1, 0.15) is 0 Å². The summed E-state index contributed by atoms with van der Waals surface area (Å²) in [6.07, 6.45) is 2.60. The van der Waals surface area contributed by atoms with E-state index >= 15 is 0 Å². The number of hydrogen-bond acceptors (Lipinski definition) is 6. The van der Waals surface area contributed by atoms with Crippen molar-refractivity contribution in [1.82, 2.24) is 19.9 Å². The third-order valence-electron chi connectivity index (χ3n) is 3.10. The maximum atomic E-state index is 5.91. The fourth-order valence-corrected chi connectivity index (χ4v) is 2.38. The van der Waals surface area contributed by atoms with E-state index < -0.39 is 0 Å². The normalized spacial score (nSPS) is 17.5. The molecule has 1 atom stereocenters. The van der Waals surface area contributed by atoms with E-state index in [-0.39, 0.29) is 11.3 Å². The molecule has 1 aromatic rings. The molecule has 0 bridgehead atoms. The van der Waals surface area contributed by atoms with Crippen LogP contribution >= 0.6 is 11.6 Å². The summed E-state index contributed by atoms with van der Waals surface area (Å²) in [5, 5.41) is 3.51. The smallest absolute Gasteiger partial charge is 0.230 e. The van der Waals surface area contributed by atoms with Gasteiger partial charge >= 0.3 is 0 Å². The third-order valence-corrected chi connectivity index (χ3v) is 3.27. The van der Waals surface area contributed by atoms with Gasteiger partial charge in [-0.1, -0.05) is 0 Å². The molecule has 1 aromatic heterocycles. The van der Waals surface area contributed by atoms with Crippen molar-refractivity contribution in [1.29, 1.82) is 0 Å². The van der Waals surface area contributed by atoms with Crippen LogP contribution in [-0.4, -0.2) is 59.6 Å². The van der Waals surface area contributed by atoms with Gasteiger partial charge in [-0.05, 0) is 44.5 Å². The summed E-state index contributed by atoms with van der Waals surface area (Å²) in [7, 11) is 3.76. The van der Waals surface area contributed by atoms with E-state index in [9.17, 15) is 0 Å². The van der Waals surface area contributed by atoms with E-state index in [0.717, 1.165) is 6.54 Å². The Labute approximate surface area is 119 Å². The lowest BCUT2D eigenvalue weighted by Gasteiger charge is -2.21. The Hall–Kier alpha value is -1.14. The van der Waals surface area contributed by atoms with Crippen molar-refractivity contribution in [3.63, 3.8) is 0 Å². The number of nitrogens with one attached hydrogen (secondary N) is 1. The van der Waals surface area contributed by atoms with E-state index in [1.54, 1.807) is 0 Å². The summed E-state index contributed by atoms with van der Waals surface area (Å²) in [5.41, 5.74) is 0. The number of nitrogens with zero attached hydrogens (tertiary/aromatic N) is 5. The molecule has 2 rings (SSSR count). The lowest BCUT2D eigenvalue weighted by molar-refractivity contribution is 0.327. The lowest BCUT2D eigenvalue weighted by Crippen LogP contribution is -2.33. The fraction of sp³-hybridized carbons (Fsp3) is 0.750. The fourth-order valence-electron chi connectivity index (χ4n) is 2.22. The van der Waals surface area contributed by atoms with Crippen LogP contribution in [0.1, 0.15) is 19.8 Å². The summed E-state index contributed by atoms with van der Waals surface area (Å²) >= 11 is 5.91. The Balaban J connectivity index is 1.97. The van der Waals surface area contributed by atoms with E-state index in [0.29, 0.717) is 11.9 Å². The molecule has 0 amide bonds. The van der Waals surface area contributed by atoms with Crippen molar-refractivity contribution in [2.24, 2.45) is 0 Å². The predicted octanol–water partition coefficient (Wildman–Crippen LogP) is 1.49. The van der Waals surface area contributed by atoms with Crippen LogP contribution in [-0.2, 0) is 0 Å². The molecule has 0 spiro atoms. The van der Waals surface area contributed by atoms with Crippen LogP contribution in [0.3, 0.4) is 0 Å². The highest BCUT2D eigenvalue weighted by Crippen LogP contribution is 2.13. The van der Waals surface area contributed by atoms with Gasteiger partial charge in [0.2, 0.25) is 17.2 Å². The lowest BCUT2D eigenvalue weighted by atomic mass is 10.3. The topological polar surface area (TPSA) is 57.2 Å². The first-order valence-corrected chi connectivity index (χ1v) is 7.00. The molecule has 19 heavy (non-hydrogen) atoms. The third kappa shape index (κ3) is 4.18. The van der Waals surface area contributed by atoms with Gasteiger partial charge < -0.3 is 15.1 Å². The first kappa shape index (κ1) is 14.3. The van der Waals surface area contributed by atoms with E-state index in [1.165, 1.54) is 25.9 Å². The highest BCUT2D eigenvalue weighted by Gasteiger charge is 2.15. The number of hydrogen-bond donors (Lipinski definition) is 1. The molecule has 0 aliphatic carbocycles. The van der Waals surface area contributed by atoms with Gasteiger partial charge in [-0.15, -0.1) is 0 Å². The minimum absolute atomic E-state index is 0.217. The average molecular weight is 285 g/mol. The van der Waals surface area contributed by atoms with Crippen molar-refractivity contribution >= 4 is 23.5 Å². The quantitative estimate of drug-likeness (QED) is 0.884. The number of aromatic nitrogens is 3. The SMILES string of the molecule is CC(CN1CCCC1)Nc1nc(Cl)nc(N(C)C)n1. The van der Waals surface area contributed by atoms with Gasteiger partial charge in [0.15, 0.2) is 0 Å². The van der Waals surface area contributed by atoms with Gasteiger partial charge in [0, 0.05) is 26.7 Å². The molecule has 1 fully saturated rings. The molecule has 2 heterocycles. The summed E-state index contributed by atoms with van der Waals surface area (Å²) in [5.74, 6) is 1.10. The Kier molecular flexibility index (Phi) is 4.76. The van der Waals surface area contributed by atoms with Crippen LogP contribution in [0.5, 0.6) is 0 Å². The first-order chi connectivity index (χ1) is 9.04. The van der Waals surface area contributed by atoms with Crippen molar-refractivity contribution < 1.29 is 0 Å². The Morgan fingerprint density at radius 3 is 2.58 bits per heavy atom. The van der Waals surface area contributed by atoms with Gasteiger partial charge in [0.05, 0.1) is 0 Å². The van der Waals surface area contributed by atoms with E-state index in [4.69, 9.17) is 11.6 Å². The second kappa shape index (κ2) is 6.34.